The van der Waals surface area contributed by atoms with E-state index in [1.165, 1.54) is 0 Å². The average Bonchev–Trinajstić information content (AvgIpc) is 2.79. The molecule has 0 aliphatic rings. The van der Waals surface area contributed by atoms with Crippen molar-refractivity contribution in [3.63, 3.8) is 0 Å². The van der Waals surface area contributed by atoms with Crippen LogP contribution in [0.15, 0.2) is 54.6 Å². The largest absolute Gasteiger partial charge is 0.444 e. The highest BCUT2D eigenvalue weighted by Crippen LogP contribution is 2.33. The molecule has 0 aliphatic carbocycles. The van der Waals surface area contributed by atoms with Crippen molar-refractivity contribution in [3.8, 4) is 0 Å². The molecule has 0 saturated heterocycles. The molecule has 0 heterocycles. The topological polar surface area (TPSA) is 87.7 Å². The lowest BCUT2D eigenvalue weighted by Gasteiger charge is -2.45. The van der Waals surface area contributed by atoms with Gasteiger partial charge in [0.1, 0.15) is 17.7 Å². The summed E-state index contributed by atoms with van der Waals surface area (Å²) in [5.41, 5.74) is 0.613. The SMILES string of the molecule is CCC(C)(C)N(C(=O)C(Cc1ccccc1)NC(=O)OC(C)(C)C)C(C(=O)NC(C)(C)C)c1cccc(C)c1. The molecule has 2 N–H and O–H groups in total. The lowest BCUT2D eigenvalue weighted by Crippen LogP contribution is -2.60. The molecule has 0 fully saturated rings. The maximum absolute atomic E-state index is 14.6. The Balaban J connectivity index is 2.67. The van der Waals surface area contributed by atoms with E-state index < -0.39 is 34.9 Å². The molecular formula is C32H47N3O4. The minimum absolute atomic E-state index is 0.247. The fraction of sp³-hybridized carbons (Fsp3) is 0.531. The van der Waals surface area contributed by atoms with Crippen LogP contribution in [0.1, 0.15) is 91.5 Å². The second-order valence-corrected chi connectivity index (χ2v) is 12.8. The van der Waals surface area contributed by atoms with Gasteiger partial charge in [-0.1, -0.05) is 67.1 Å². The average molecular weight is 538 g/mol. The summed E-state index contributed by atoms with van der Waals surface area (Å²) in [6.07, 6.45) is 0.155. The Morgan fingerprint density at radius 2 is 1.51 bits per heavy atom. The molecule has 0 radical (unpaired) electrons. The van der Waals surface area contributed by atoms with E-state index in [4.69, 9.17) is 4.74 Å². The summed E-state index contributed by atoms with van der Waals surface area (Å²) in [7, 11) is 0. The summed E-state index contributed by atoms with van der Waals surface area (Å²) in [6, 6.07) is 15.3. The number of aryl methyl sites for hydroxylation is 1. The first-order chi connectivity index (χ1) is 17.9. The molecule has 7 heteroatoms. The van der Waals surface area contributed by atoms with Crippen LogP contribution in [0, 0.1) is 6.92 Å². The highest BCUT2D eigenvalue weighted by Gasteiger charge is 2.43. The van der Waals surface area contributed by atoms with Crippen molar-refractivity contribution in [2.24, 2.45) is 0 Å². The van der Waals surface area contributed by atoms with Gasteiger partial charge in [0, 0.05) is 17.5 Å². The van der Waals surface area contributed by atoms with E-state index in [0.717, 1.165) is 11.1 Å². The molecule has 2 aromatic carbocycles. The number of carbonyl (C=O) groups is 3. The molecule has 0 aliphatic heterocycles. The fourth-order valence-corrected chi connectivity index (χ4v) is 4.31. The summed E-state index contributed by atoms with van der Waals surface area (Å²) in [5.74, 6) is -0.633. The molecule has 0 spiro atoms. The summed E-state index contributed by atoms with van der Waals surface area (Å²) < 4.78 is 5.52. The lowest BCUT2D eigenvalue weighted by molar-refractivity contribution is -0.149. The van der Waals surface area contributed by atoms with Crippen LogP contribution in [-0.4, -0.2) is 45.5 Å². The van der Waals surface area contributed by atoms with E-state index in [1.54, 1.807) is 25.7 Å². The van der Waals surface area contributed by atoms with Crippen LogP contribution in [0.3, 0.4) is 0 Å². The Morgan fingerprint density at radius 1 is 0.897 bits per heavy atom. The molecule has 0 aromatic heterocycles. The van der Waals surface area contributed by atoms with Gasteiger partial charge in [-0.2, -0.15) is 0 Å². The molecule has 3 amide bonds. The monoisotopic (exact) mass is 537 g/mol. The summed E-state index contributed by atoms with van der Waals surface area (Å²) in [5, 5.41) is 5.90. The van der Waals surface area contributed by atoms with E-state index in [2.05, 4.69) is 10.6 Å². The summed E-state index contributed by atoms with van der Waals surface area (Å²) in [6.45, 7) is 18.9. The second-order valence-electron chi connectivity index (χ2n) is 12.8. The van der Waals surface area contributed by atoms with Crippen LogP contribution in [0.5, 0.6) is 0 Å². The number of amides is 3. The van der Waals surface area contributed by atoms with Crippen molar-refractivity contribution in [1.82, 2.24) is 15.5 Å². The molecule has 7 nitrogen and oxygen atoms in total. The number of alkyl carbamates (subject to hydrolysis) is 1. The molecule has 2 rings (SSSR count). The van der Waals surface area contributed by atoms with Crippen LogP contribution >= 0.6 is 0 Å². The smallest absolute Gasteiger partial charge is 0.408 e. The van der Waals surface area contributed by atoms with Crippen LogP contribution in [0.4, 0.5) is 4.79 Å². The highest BCUT2D eigenvalue weighted by molar-refractivity contribution is 5.93. The van der Waals surface area contributed by atoms with Gasteiger partial charge in [0.05, 0.1) is 0 Å². The van der Waals surface area contributed by atoms with E-state index >= 15 is 0 Å². The fourth-order valence-electron chi connectivity index (χ4n) is 4.31. The van der Waals surface area contributed by atoms with Crippen LogP contribution in [0.25, 0.3) is 0 Å². The highest BCUT2D eigenvalue weighted by atomic mass is 16.6. The summed E-state index contributed by atoms with van der Waals surface area (Å²) >= 11 is 0. The van der Waals surface area contributed by atoms with Crippen molar-refractivity contribution in [2.75, 3.05) is 0 Å². The van der Waals surface area contributed by atoms with Gasteiger partial charge < -0.3 is 20.3 Å². The first kappa shape index (κ1) is 31.9. The zero-order chi connectivity index (χ0) is 29.6. The Morgan fingerprint density at radius 3 is 2.03 bits per heavy atom. The van der Waals surface area contributed by atoms with Crippen molar-refractivity contribution < 1.29 is 19.1 Å². The quantitative estimate of drug-likeness (QED) is 0.404. The zero-order valence-electron chi connectivity index (χ0n) is 25.3. The Hall–Kier alpha value is -3.35. The lowest BCUT2D eigenvalue weighted by atomic mass is 9.90. The number of benzene rings is 2. The first-order valence-electron chi connectivity index (χ1n) is 13.7. The third-order valence-electron chi connectivity index (χ3n) is 6.39. The molecule has 0 bridgehead atoms. The Kier molecular flexibility index (Phi) is 10.4. The third kappa shape index (κ3) is 9.72. The number of rotatable bonds is 9. The molecule has 0 saturated carbocycles. The third-order valence-corrected chi connectivity index (χ3v) is 6.39. The van der Waals surface area contributed by atoms with E-state index in [9.17, 15) is 14.4 Å². The molecule has 2 unspecified atom stereocenters. The van der Waals surface area contributed by atoms with Gasteiger partial charge in [0.2, 0.25) is 11.8 Å². The van der Waals surface area contributed by atoms with Crippen LogP contribution in [-0.2, 0) is 20.7 Å². The maximum Gasteiger partial charge on any atom is 0.408 e. The van der Waals surface area contributed by atoms with Gasteiger partial charge >= 0.3 is 6.09 Å². The standard InChI is InChI=1S/C32H47N3O4/c1-11-32(9,10)35(26(27(36)34-30(3,4)5)24-19-15-16-22(2)20-24)28(37)25(21-23-17-13-12-14-18-23)33-29(38)39-31(6,7)8/h12-20,25-26H,11,21H2,1-10H3,(H,33,38)(H,34,36). The number of hydrogen-bond donors (Lipinski definition) is 2. The zero-order valence-corrected chi connectivity index (χ0v) is 25.3. The van der Waals surface area contributed by atoms with Gasteiger partial charge in [0.15, 0.2) is 0 Å². The first-order valence-corrected chi connectivity index (χ1v) is 13.7. The number of ether oxygens (including phenoxy) is 1. The maximum atomic E-state index is 14.6. The van der Waals surface area contributed by atoms with Gasteiger partial charge in [-0.15, -0.1) is 0 Å². The van der Waals surface area contributed by atoms with E-state index in [0.29, 0.717) is 12.0 Å². The molecule has 2 atom stereocenters. The number of hydrogen-bond acceptors (Lipinski definition) is 4. The van der Waals surface area contributed by atoms with Crippen molar-refractivity contribution in [1.29, 1.82) is 0 Å². The minimum Gasteiger partial charge on any atom is -0.444 e. The van der Waals surface area contributed by atoms with Crippen LogP contribution in [0.2, 0.25) is 0 Å². The molecule has 39 heavy (non-hydrogen) atoms. The predicted octanol–water partition coefficient (Wildman–Crippen LogP) is 6.10. The second kappa shape index (κ2) is 12.7. The van der Waals surface area contributed by atoms with E-state index in [-0.39, 0.29) is 18.2 Å². The Labute approximate surface area is 234 Å². The number of nitrogens with one attached hydrogen (secondary N) is 2. The van der Waals surface area contributed by atoms with Crippen molar-refractivity contribution in [2.45, 2.75) is 111 Å². The molecule has 214 valence electrons. The summed E-state index contributed by atoms with van der Waals surface area (Å²) in [4.78, 5) is 43.1. The Bertz CT molecular complexity index is 1130. The van der Waals surface area contributed by atoms with Crippen molar-refractivity contribution in [3.05, 3.63) is 71.3 Å². The van der Waals surface area contributed by atoms with Gasteiger partial charge in [-0.25, -0.2) is 4.79 Å². The minimum atomic E-state index is -0.956. The predicted molar refractivity (Wildman–Crippen MR) is 156 cm³/mol. The van der Waals surface area contributed by atoms with Gasteiger partial charge in [-0.3, -0.25) is 9.59 Å². The van der Waals surface area contributed by atoms with Crippen molar-refractivity contribution >= 4 is 17.9 Å². The van der Waals surface area contributed by atoms with E-state index in [1.807, 2.05) is 103 Å². The number of carbonyl (C=O) groups excluding carboxylic acids is 3. The van der Waals surface area contributed by atoms with Gasteiger partial charge in [0.25, 0.3) is 0 Å². The normalized spacial score (nSPS) is 13.7. The molecule has 2 aromatic rings. The number of nitrogens with zero attached hydrogens (tertiary/aromatic N) is 1. The van der Waals surface area contributed by atoms with Gasteiger partial charge in [-0.05, 0) is 79.9 Å². The van der Waals surface area contributed by atoms with Crippen LogP contribution < -0.4 is 10.6 Å². The molecular weight excluding hydrogens is 490 g/mol.